The molecule has 2 aromatic rings. The Labute approximate surface area is 138 Å². The first-order chi connectivity index (χ1) is 11.1. The summed E-state index contributed by atoms with van der Waals surface area (Å²) in [7, 11) is 2.92. The highest BCUT2D eigenvalue weighted by Crippen LogP contribution is 2.28. The number of rotatable bonds is 6. The molecule has 0 saturated heterocycles. The molecule has 0 aliphatic heterocycles. The summed E-state index contributed by atoms with van der Waals surface area (Å²) in [4.78, 5) is 29.9. The van der Waals surface area contributed by atoms with Crippen LogP contribution in [0.4, 0.5) is 0 Å². The minimum Gasteiger partial charge on any atom is -0.465 e. The van der Waals surface area contributed by atoms with Gasteiger partial charge in [0.15, 0.2) is 0 Å². The minimum atomic E-state index is -0.526. The number of carbonyl (C=O) groups excluding carboxylic acids is 1. The summed E-state index contributed by atoms with van der Waals surface area (Å²) in [6.45, 7) is 1.64. The van der Waals surface area contributed by atoms with Gasteiger partial charge in [0.05, 0.1) is 13.2 Å². The van der Waals surface area contributed by atoms with Crippen LogP contribution >= 0.6 is 11.8 Å². The van der Waals surface area contributed by atoms with Crippen LogP contribution < -0.4 is 5.69 Å². The van der Waals surface area contributed by atoms with E-state index in [-0.39, 0.29) is 11.7 Å². The molecule has 0 spiro atoms. The van der Waals surface area contributed by atoms with Gasteiger partial charge in [-0.15, -0.1) is 11.8 Å². The summed E-state index contributed by atoms with van der Waals surface area (Å²) in [5.41, 5.74) is 1.24. The first-order valence-corrected chi connectivity index (χ1v) is 7.95. The minimum absolute atomic E-state index is 0.173. The third-order valence-corrected chi connectivity index (χ3v) is 4.34. The molecule has 0 unspecified atom stereocenters. The molecule has 1 aromatic carbocycles. The lowest BCUT2D eigenvalue weighted by atomic mass is 10.1. The van der Waals surface area contributed by atoms with Crippen LogP contribution in [0, 0.1) is 6.92 Å². The zero-order chi connectivity index (χ0) is 16.8. The highest BCUT2D eigenvalue weighted by Gasteiger charge is 2.20. The Morgan fingerprint density at radius 3 is 2.61 bits per heavy atom. The first-order valence-electron chi connectivity index (χ1n) is 6.96. The summed E-state index contributed by atoms with van der Waals surface area (Å²) in [5, 5.41) is 0.344. The third-order valence-electron chi connectivity index (χ3n) is 3.30. The molecular weight excluding hydrogens is 316 g/mol. The quantitative estimate of drug-likeness (QED) is 0.496. The maximum absolute atomic E-state index is 11.9. The molecule has 0 radical (unpaired) electrons. The zero-order valence-corrected chi connectivity index (χ0v) is 14.0. The van der Waals surface area contributed by atoms with Gasteiger partial charge < -0.3 is 14.5 Å². The van der Waals surface area contributed by atoms with E-state index < -0.39 is 11.7 Å². The van der Waals surface area contributed by atoms with Crippen LogP contribution in [0.2, 0.25) is 0 Å². The second kappa shape index (κ2) is 7.94. The molecule has 7 heteroatoms. The van der Waals surface area contributed by atoms with Gasteiger partial charge in [-0.05, 0) is 12.5 Å². The van der Waals surface area contributed by atoms with E-state index in [1.165, 1.54) is 18.9 Å². The molecule has 1 atom stereocenters. The highest BCUT2D eigenvalue weighted by atomic mass is 32.2. The smallest absolute Gasteiger partial charge is 0.346 e. The molecule has 23 heavy (non-hydrogen) atoms. The Balaban J connectivity index is 2.26. The fraction of sp³-hybridized carbons (Fsp3) is 0.312. The fourth-order valence-corrected chi connectivity index (χ4v) is 3.29. The number of aromatic nitrogens is 2. The van der Waals surface area contributed by atoms with E-state index >= 15 is 0 Å². The Bertz CT molecular complexity index is 731. The molecular formula is C16H18N2O4S. The normalized spacial score (nSPS) is 12.0. The molecule has 0 aliphatic rings. The van der Waals surface area contributed by atoms with Crippen molar-refractivity contribution >= 4 is 17.7 Å². The van der Waals surface area contributed by atoms with Crippen LogP contribution in [0.25, 0.3) is 0 Å². The Morgan fingerprint density at radius 2 is 2.00 bits per heavy atom. The summed E-state index contributed by atoms with van der Waals surface area (Å²) in [6.07, 6.45) is -0.173. The van der Waals surface area contributed by atoms with E-state index in [4.69, 9.17) is 9.47 Å². The summed E-state index contributed by atoms with van der Waals surface area (Å²) in [5.74, 6) is -0.0112. The van der Waals surface area contributed by atoms with Crippen LogP contribution in [0.3, 0.4) is 0 Å². The largest absolute Gasteiger partial charge is 0.465 e. The molecule has 0 bridgehead atoms. The van der Waals surface area contributed by atoms with Gasteiger partial charge in [-0.3, -0.25) is 0 Å². The second-order valence-corrected chi connectivity index (χ2v) is 5.79. The summed E-state index contributed by atoms with van der Waals surface area (Å²) >= 11 is 1.29. The SMILES string of the molecule is COC(=O)c1c(SC[C@H](OC)c2ccccc2)nc(=O)[nH]c1C. The zero-order valence-electron chi connectivity index (χ0n) is 13.2. The number of carbonyl (C=O) groups is 1. The lowest BCUT2D eigenvalue weighted by molar-refractivity contribution is 0.0594. The molecule has 1 aromatic heterocycles. The lowest BCUT2D eigenvalue weighted by Gasteiger charge is -2.16. The number of H-pyrrole nitrogens is 1. The van der Waals surface area contributed by atoms with E-state index in [0.29, 0.717) is 16.5 Å². The van der Waals surface area contributed by atoms with Gasteiger partial charge in [0.25, 0.3) is 0 Å². The van der Waals surface area contributed by atoms with Gasteiger partial charge in [0, 0.05) is 18.6 Å². The first kappa shape index (κ1) is 17.2. The lowest BCUT2D eigenvalue weighted by Crippen LogP contribution is -2.19. The number of nitrogens with one attached hydrogen (secondary N) is 1. The molecule has 0 fully saturated rings. The monoisotopic (exact) mass is 334 g/mol. The molecule has 2 rings (SSSR count). The second-order valence-electron chi connectivity index (χ2n) is 4.78. The standard InChI is InChI=1S/C16H18N2O4S/c1-10-13(15(19)22-3)14(18-16(20)17-10)23-9-12(21-2)11-7-5-4-6-8-11/h4-8,12H,9H2,1-3H3,(H,17,18,20)/t12-/m0/s1. The van der Waals surface area contributed by atoms with E-state index in [1.807, 2.05) is 30.3 Å². The maximum atomic E-state index is 11.9. The molecule has 1 heterocycles. The Hall–Kier alpha value is -2.12. The van der Waals surface area contributed by atoms with Crippen LogP contribution in [0.15, 0.2) is 40.2 Å². The van der Waals surface area contributed by atoms with Crippen molar-refractivity contribution in [2.24, 2.45) is 0 Å². The van der Waals surface area contributed by atoms with E-state index in [2.05, 4.69) is 9.97 Å². The van der Waals surface area contributed by atoms with Crippen molar-refractivity contribution in [2.75, 3.05) is 20.0 Å². The van der Waals surface area contributed by atoms with Crippen molar-refractivity contribution < 1.29 is 14.3 Å². The number of aromatic amines is 1. The van der Waals surface area contributed by atoms with Crippen molar-refractivity contribution in [1.82, 2.24) is 9.97 Å². The number of nitrogens with zero attached hydrogens (tertiary/aromatic N) is 1. The molecule has 6 nitrogen and oxygen atoms in total. The number of ether oxygens (including phenoxy) is 2. The molecule has 122 valence electrons. The van der Waals surface area contributed by atoms with Gasteiger partial charge in [-0.2, -0.15) is 4.98 Å². The Morgan fingerprint density at radius 1 is 1.30 bits per heavy atom. The highest BCUT2D eigenvalue weighted by molar-refractivity contribution is 7.99. The van der Waals surface area contributed by atoms with E-state index in [1.54, 1.807) is 14.0 Å². The molecule has 0 saturated carbocycles. The summed E-state index contributed by atoms with van der Waals surface area (Å²) in [6, 6.07) is 9.72. The fourth-order valence-electron chi connectivity index (χ4n) is 2.13. The third kappa shape index (κ3) is 4.20. The number of benzene rings is 1. The van der Waals surface area contributed by atoms with Gasteiger partial charge in [0.1, 0.15) is 10.6 Å². The van der Waals surface area contributed by atoms with Crippen molar-refractivity contribution in [3.63, 3.8) is 0 Å². The molecule has 0 aliphatic carbocycles. The number of methoxy groups -OCH3 is 2. The number of thioether (sulfide) groups is 1. The van der Waals surface area contributed by atoms with Gasteiger partial charge in [0.2, 0.25) is 0 Å². The Kier molecular flexibility index (Phi) is 5.95. The number of aryl methyl sites for hydroxylation is 1. The van der Waals surface area contributed by atoms with Crippen molar-refractivity contribution in [1.29, 1.82) is 0 Å². The van der Waals surface area contributed by atoms with Crippen LogP contribution in [0.1, 0.15) is 27.7 Å². The predicted molar refractivity (Wildman–Crippen MR) is 87.9 cm³/mol. The van der Waals surface area contributed by atoms with E-state index in [0.717, 1.165) is 5.56 Å². The van der Waals surface area contributed by atoms with Crippen molar-refractivity contribution in [3.05, 3.63) is 57.6 Å². The maximum Gasteiger partial charge on any atom is 0.346 e. The number of hydrogen-bond donors (Lipinski definition) is 1. The van der Waals surface area contributed by atoms with Crippen LogP contribution in [-0.4, -0.2) is 35.9 Å². The van der Waals surface area contributed by atoms with Gasteiger partial charge in [-0.1, -0.05) is 30.3 Å². The van der Waals surface area contributed by atoms with Gasteiger partial charge in [-0.25, -0.2) is 9.59 Å². The average molecular weight is 334 g/mol. The number of esters is 1. The molecule has 0 amide bonds. The predicted octanol–water partition coefficient (Wildman–Crippen LogP) is 2.34. The van der Waals surface area contributed by atoms with Gasteiger partial charge >= 0.3 is 11.7 Å². The molecule has 1 N–H and O–H groups in total. The van der Waals surface area contributed by atoms with Crippen molar-refractivity contribution in [3.8, 4) is 0 Å². The van der Waals surface area contributed by atoms with Crippen LogP contribution in [0.5, 0.6) is 0 Å². The topological polar surface area (TPSA) is 81.3 Å². The van der Waals surface area contributed by atoms with Crippen LogP contribution in [-0.2, 0) is 9.47 Å². The average Bonchev–Trinajstić information content (AvgIpc) is 2.55. The van der Waals surface area contributed by atoms with E-state index in [9.17, 15) is 9.59 Å². The summed E-state index contributed by atoms with van der Waals surface area (Å²) < 4.78 is 10.3. The number of hydrogen-bond acceptors (Lipinski definition) is 6. The van der Waals surface area contributed by atoms with Crippen molar-refractivity contribution in [2.45, 2.75) is 18.1 Å².